The molecule has 1 N–H and O–H groups in total. The molecule has 2 heterocycles. The number of hydrogen-bond donors (Lipinski definition) is 1. The van der Waals surface area contributed by atoms with Gasteiger partial charge in [0.2, 0.25) is 0 Å². The van der Waals surface area contributed by atoms with Crippen LogP contribution in [0.1, 0.15) is 36.7 Å². The molecule has 1 aromatic carbocycles. The molecule has 1 aliphatic heterocycles. The molecule has 7 nitrogen and oxygen atoms in total. The van der Waals surface area contributed by atoms with E-state index in [1.54, 1.807) is 23.1 Å². The number of pyridine rings is 1. The molecule has 0 aliphatic carbocycles. The molecule has 1 aliphatic rings. The lowest BCUT2D eigenvalue weighted by Crippen LogP contribution is -2.50. The van der Waals surface area contributed by atoms with Crippen molar-refractivity contribution in [1.29, 1.82) is 0 Å². The van der Waals surface area contributed by atoms with Gasteiger partial charge in [-0.25, -0.2) is 14.6 Å². The van der Waals surface area contributed by atoms with Gasteiger partial charge >= 0.3 is 12.1 Å². The lowest BCUT2D eigenvalue weighted by molar-refractivity contribution is 0.0240. The van der Waals surface area contributed by atoms with Gasteiger partial charge in [0.25, 0.3) is 0 Å². The predicted molar refractivity (Wildman–Crippen MR) is 103 cm³/mol. The molecule has 0 spiro atoms. The third kappa shape index (κ3) is 4.30. The number of hydrogen-bond acceptors (Lipinski definition) is 5. The summed E-state index contributed by atoms with van der Waals surface area (Å²) in [5.41, 5.74) is 1.49. The zero-order valence-corrected chi connectivity index (χ0v) is 16.2. The van der Waals surface area contributed by atoms with Crippen molar-refractivity contribution in [2.75, 3.05) is 31.1 Å². The van der Waals surface area contributed by atoms with Crippen molar-refractivity contribution in [2.24, 2.45) is 0 Å². The monoisotopic (exact) mass is 371 g/mol. The molecule has 2 aromatic rings. The van der Waals surface area contributed by atoms with Crippen molar-refractivity contribution < 1.29 is 19.4 Å². The number of carbonyl (C=O) groups is 2. The summed E-state index contributed by atoms with van der Waals surface area (Å²) < 4.78 is 5.43. The summed E-state index contributed by atoms with van der Waals surface area (Å²) in [5, 5.41) is 9.95. The normalized spacial score (nSPS) is 15.1. The van der Waals surface area contributed by atoms with E-state index in [-0.39, 0.29) is 11.7 Å². The van der Waals surface area contributed by atoms with Crippen LogP contribution in [0.4, 0.5) is 10.6 Å². The fourth-order valence-corrected chi connectivity index (χ4v) is 3.15. The van der Waals surface area contributed by atoms with E-state index < -0.39 is 11.6 Å². The van der Waals surface area contributed by atoms with Gasteiger partial charge in [0.05, 0.1) is 11.1 Å². The molecule has 1 amide bonds. The van der Waals surface area contributed by atoms with Crippen molar-refractivity contribution in [3.05, 3.63) is 35.4 Å². The van der Waals surface area contributed by atoms with E-state index in [0.717, 1.165) is 22.3 Å². The van der Waals surface area contributed by atoms with Crippen molar-refractivity contribution in [3.63, 3.8) is 0 Å². The van der Waals surface area contributed by atoms with Gasteiger partial charge in [-0.1, -0.05) is 0 Å². The SMILES string of the molecule is Cc1cc2cc(C(=O)O)ccc2nc1N1CCN(C(=O)OC(C)(C)C)CC1. The lowest BCUT2D eigenvalue weighted by atomic mass is 10.1. The van der Waals surface area contributed by atoms with Crippen molar-refractivity contribution in [2.45, 2.75) is 33.3 Å². The quantitative estimate of drug-likeness (QED) is 0.872. The number of rotatable bonds is 2. The minimum absolute atomic E-state index is 0.252. The van der Waals surface area contributed by atoms with Gasteiger partial charge in [0.1, 0.15) is 11.4 Å². The van der Waals surface area contributed by atoms with Gasteiger partial charge in [-0.2, -0.15) is 0 Å². The number of carboxylic acid groups (broad SMARTS) is 1. The molecule has 3 rings (SSSR count). The Morgan fingerprint density at radius 1 is 1.11 bits per heavy atom. The van der Waals surface area contributed by atoms with Crippen molar-refractivity contribution in [3.8, 4) is 0 Å². The van der Waals surface area contributed by atoms with Crippen LogP contribution in [-0.4, -0.2) is 58.8 Å². The minimum Gasteiger partial charge on any atom is -0.478 e. The number of aryl methyl sites for hydroxylation is 1. The largest absolute Gasteiger partial charge is 0.478 e. The highest BCUT2D eigenvalue weighted by atomic mass is 16.6. The van der Waals surface area contributed by atoms with E-state index in [1.807, 2.05) is 33.8 Å². The zero-order valence-electron chi connectivity index (χ0n) is 16.2. The van der Waals surface area contributed by atoms with Crippen LogP contribution < -0.4 is 4.90 Å². The molecule has 144 valence electrons. The van der Waals surface area contributed by atoms with Crippen LogP contribution >= 0.6 is 0 Å². The smallest absolute Gasteiger partial charge is 0.410 e. The summed E-state index contributed by atoms with van der Waals surface area (Å²) in [7, 11) is 0. The summed E-state index contributed by atoms with van der Waals surface area (Å²) in [6, 6.07) is 6.90. The maximum atomic E-state index is 12.2. The standard InChI is InChI=1S/C20H25N3O4/c1-13-11-15-12-14(18(24)25)5-6-16(15)21-17(13)22-7-9-23(10-8-22)19(26)27-20(2,3)4/h5-6,11-12H,7-10H2,1-4H3,(H,24,25). The number of piperazine rings is 1. The maximum Gasteiger partial charge on any atom is 0.410 e. The van der Waals surface area contributed by atoms with E-state index >= 15 is 0 Å². The average Bonchev–Trinajstić information content (AvgIpc) is 2.59. The fourth-order valence-electron chi connectivity index (χ4n) is 3.15. The minimum atomic E-state index is -0.947. The highest BCUT2D eigenvalue weighted by Crippen LogP contribution is 2.25. The highest BCUT2D eigenvalue weighted by molar-refractivity contribution is 5.94. The molecule has 1 fully saturated rings. The van der Waals surface area contributed by atoms with Crippen molar-refractivity contribution >= 4 is 28.8 Å². The molecule has 0 bridgehead atoms. The second-order valence-corrected chi connectivity index (χ2v) is 7.80. The number of amides is 1. The lowest BCUT2D eigenvalue weighted by Gasteiger charge is -2.36. The third-order valence-corrected chi connectivity index (χ3v) is 4.46. The van der Waals surface area contributed by atoms with E-state index in [9.17, 15) is 9.59 Å². The topological polar surface area (TPSA) is 83.0 Å². The van der Waals surface area contributed by atoms with Crippen LogP contribution in [0, 0.1) is 6.92 Å². The Labute approximate surface area is 158 Å². The molecule has 27 heavy (non-hydrogen) atoms. The zero-order chi connectivity index (χ0) is 19.8. The molecule has 0 unspecified atom stereocenters. The first kappa shape index (κ1) is 18.9. The molecular formula is C20H25N3O4. The Bertz CT molecular complexity index is 881. The van der Waals surface area contributed by atoms with Crippen LogP contribution in [0.5, 0.6) is 0 Å². The van der Waals surface area contributed by atoms with E-state index in [2.05, 4.69) is 4.90 Å². The van der Waals surface area contributed by atoms with Gasteiger partial charge in [0, 0.05) is 31.6 Å². The Morgan fingerprint density at radius 3 is 2.37 bits per heavy atom. The van der Waals surface area contributed by atoms with Gasteiger partial charge < -0.3 is 19.6 Å². The van der Waals surface area contributed by atoms with E-state index in [1.165, 1.54) is 0 Å². The van der Waals surface area contributed by atoms with Crippen LogP contribution in [0.15, 0.2) is 24.3 Å². The number of ether oxygens (including phenoxy) is 1. The molecule has 0 radical (unpaired) electrons. The molecule has 7 heteroatoms. The second-order valence-electron chi connectivity index (χ2n) is 7.80. The average molecular weight is 371 g/mol. The summed E-state index contributed by atoms with van der Waals surface area (Å²) in [4.78, 5) is 32.0. The first-order valence-electron chi connectivity index (χ1n) is 9.01. The number of aromatic carboxylic acids is 1. The highest BCUT2D eigenvalue weighted by Gasteiger charge is 2.27. The maximum absolute atomic E-state index is 12.2. The molecule has 0 atom stereocenters. The first-order chi connectivity index (χ1) is 12.6. The van der Waals surface area contributed by atoms with Gasteiger partial charge in [-0.05, 0) is 57.5 Å². The second kappa shape index (κ2) is 7.06. The van der Waals surface area contributed by atoms with E-state index in [4.69, 9.17) is 14.8 Å². The number of anilines is 1. The van der Waals surface area contributed by atoms with Crippen LogP contribution in [-0.2, 0) is 4.74 Å². The summed E-state index contributed by atoms with van der Waals surface area (Å²) in [5.74, 6) is -0.0775. The summed E-state index contributed by atoms with van der Waals surface area (Å²) in [6.07, 6.45) is -0.286. The predicted octanol–water partition coefficient (Wildman–Crippen LogP) is 3.30. The Morgan fingerprint density at radius 2 is 1.78 bits per heavy atom. The van der Waals surface area contributed by atoms with Gasteiger partial charge in [-0.15, -0.1) is 0 Å². The Hall–Kier alpha value is -2.83. The van der Waals surface area contributed by atoms with Crippen LogP contribution in [0.3, 0.4) is 0 Å². The van der Waals surface area contributed by atoms with Crippen LogP contribution in [0.2, 0.25) is 0 Å². The Kier molecular flexibility index (Phi) is 4.95. The fraction of sp³-hybridized carbons (Fsp3) is 0.450. The molecular weight excluding hydrogens is 346 g/mol. The number of benzene rings is 1. The number of carboxylic acids is 1. The third-order valence-electron chi connectivity index (χ3n) is 4.46. The van der Waals surface area contributed by atoms with Crippen LogP contribution in [0.25, 0.3) is 10.9 Å². The van der Waals surface area contributed by atoms with Gasteiger partial charge in [0.15, 0.2) is 0 Å². The Balaban J connectivity index is 1.75. The first-order valence-corrected chi connectivity index (χ1v) is 9.01. The summed E-state index contributed by atoms with van der Waals surface area (Å²) in [6.45, 7) is 10.0. The molecule has 1 saturated heterocycles. The molecule has 1 aromatic heterocycles. The van der Waals surface area contributed by atoms with Crippen molar-refractivity contribution in [1.82, 2.24) is 9.88 Å². The number of nitrogens with zero attached hydrogens (tertiary/aromatic N) is 3. The summed E-state index contributed by atoms with van der Waals surface area (Å²) >= 11 is 0. The molecule has 0 saturated carbocycles. The van der Waals surface area contributed by atoms with Gasteiger partial charge in [-0.3, -0.25) is 0 Å². The number of fused-ring (bicyclic) bond motifs is 1. The van der Waals surface area contributed by atoms with E-state index in [0.29, 0.717) is 26.2 Å². The number of aromatic nitrogens is 1. The number of carbonyl (C=O) groups excluding carboxylic acids is 1.